The van der Waals surface area contributed by atoms with E-state index in [1.165, 1.54) is 17.5 Å². The fraction of sp³-hybridized carbons (Fsp3) is 0.308. The SMILES string of the molecule is C/C=C/c1c(Cl)cc(C(/C=C(\F)c2ccc(C(=O)NC(C)C(=O)NCC(F)(F)F)c(C(F)(F)F)c2)C(F)(F)F)cc1Cl. The molecule has 0 saturated carbocycles. The van der Waals surface area contributed by atoms with E-state index in [0.29, 0.717) is 12.1 Å². The van der Waals surface area contributed by atoms with Crippen LogP contribution in [-0.4, -0.2) is 36.8 Å². The van der Waals surface area contributed by atoms with Gasteiger partial charge in [0.2, 0.25) is 5.91 Å². The molecule has 2 unspecified atom stereocenters. The summed E-state index contributed by atoms with van der Waals surface area (Å²) in [5, 5.41) is 2.83. The summed E-state index contributed by atoms with van der Waals surface area (Å²) in [5.74, 6) is -7.36. The number of hydrogen-bond donors (Lipinski definition) is 2. The number of halogens is 12. The van der Waals surface area contributed by atoms with E-state index in [2.05, 4.69) is 0 Å². The fourth-order valence-corrected chi connectivity index (χ4v) is 4.17. The number of alkyl halides is 9. The van der Waals surface area contributed by atoms with Crippen molar-refractivity contribution < 1.29 is 53.5 Å². The van der Waals surface area contributed by atoms with Crippen molar-refractivity contribution in [1.82, 2.24) is 10.6 Å². The number of allylic oxidation sites excluding steroid dienone is 2. The second kappa shape index (κ2) is 13.4. The van der Waals surface area contributed by atoms with Crippen molar-refractivity contribution in [3.05, 3.63) is 80.3 Å². The molecule has 0 saturated heterocycles. The third-order valence-electron chi connectivity index (χ3n) is 5.51. The number of carbonyl (C=O) groups is 2. The summed E-state index contributed by atoms with van der Waals surface area (Å²) >= 11 is 12.0. The van der Waals surface area contributed by atoms with Gasteiger partial charge >= 0.3 is 18.5 Å². The molecule has 0 bridgehead atoms. The van der Waals surface area contributed by atoms with Crippen LogP contribution in [0.15, 0.2) is 42.5 Å². The highest BCUT2D eigenvalue weighted by Crippen LogP contribution is 2.42. The molecule has 4 nitrogen and oxygen atoms in total. The fourth-order valence-electron chi connectivity index (χ4n) is 3.54. The molecule has 2 aromatic carbocycles. The molecule has 230 valence electrons. The summed E-state index contributed by atoms with van der Waals surface area (Å²) in [5.41, 5.74) is -4.35. The number of amides is 2. The maximum Gasteiger partial charge on any atom is 0.417 e. The van der Waals surface area contributed by atoms with E-state index >= 15 is 4.39 Å². The van der Waals surface area contributed by atoms with E-state index in [9.17, 15) is 49.1 Å². The van der Waals surface area contributed by atoms with Crippen LogP contribution in [0.3, 0.4) is 0 Å². The highest BCUT2D eigenvalue weighted by molar-refractivity contribution is 6.37. The van der Waals surface area contributed by atoms with Crippen LogP contribution in [0, 0.1) is 0 Å². The Morgan fingerprint density at radius 3 is 2.00 bits per heavy atom. The van der Waals surface area contributed by atoms with Crippen molar-refractivity contribution >= 4 is 46.9 Å². The number of hydrogen-bond acceptors (Lipinski definition) is 2. The molecule has 16 heteroatoms. The number of nitrogens with one attached hydrogen (secondary N) is 2. The van der Waals surface area contributed by atoms with Gasteiger partial charge in [-0.1, -0.05) is 41.4 Å². The predicted octanol–water partition coefficient (Wildman–Crippen LogP) is 8.50. The largest absolute Gasteiger partial charge is 0.417 e. The molecule has 0 aromatic heterocycles. The van der Waals surface area contributed by atoms with Gasteiger partial charge < -0.3 is 10.6 Å². The number of carbonyl (C=O) groups excluding carboxylic acids is 2. The third-order valence-corrected chi connectivity index (χ3v) is 6.13. The Morgan fingerprint density at radius 2 is 1.52 bits per heavy atom. The van der Waals surface area contributed by atoms with Crippen LogP contribution in [0.4, 0.5) is 43.9 Å². The van der Waals surface area contributed by atoms with Crippen molar-refractivity contribution in [1.29, 1.82) is 0 Å². The Bertz CT molecular complexity index is 1360. The summed E-state index contributed by atoms with van der Waals surface area (Å²) < 4.78 is 135. The predicted molar refractivity (Wildman–Crippen MR) is 136 cm³/mol. The van der Waals surface area contributed by atoms with Crippen LogP contribution < -0.4 is 10.6 Å². The summed E-state index contributed by atoms with van der Waals surface area (Å²) in [4.78, 5) is 24.2. The molecule has 2 atom stereocenters. The van der Waals surface area contributed by atoms with Gasteiger partial charge in [-0.2, -0.15) is 39.5 Å². The average Bonchev–Trinajstić information content (AvgIpc) is 2.85. The van der Waals surface area contributed by atoms with E-state index in [4.69, 9.17) is 23.2 Å². The Hall–Kier alpha value is -3.26. The Balaban J connectivity index is 2.48. The van der Waals surface area contributed by atoms with Crippen molar-refractivity contribution in [2.24, 2.45) is 0 Å². The first-order valence-corrected chi connectivity index (χ1v) is 12.3. The second-order valence-electron chi connectivity index (χ2n) is 8.72. The minimum atomic E-state index is -5.34. The lowest BCUT2D eigenvalue weighted by Crippen LogP contribution is -2.47. The normalized spacial score (nSPS) is 14.6. The highest BCUT2D eigenvalue weighted by Gasteiger charge is 2.41. The zero-order valence-corrected chi connectivity index (χ0v) is 22.8. The van der Waals surface area contributed by atoms with E-state index < -0.39 is 76.9 Å². The maximum atomic E-state index is 15.1. The van der Waals surface area contributed by atoms with Gasteiger partial charge in [-0.05, 0) is 49.8 Å². The Kier molecular flexibility index (Phi) is 11.1. The van der Waals surface area contributed by atoms with Gasteiger partial charge in [0.25, 0.3) is 5.91 Å². The lowest BCUT2D eigenvalue weighted by atomic mass is 9.94. The molecule has 0 aliphatic rings. The van der Waals surface area contributed by atoms with Crippen molar-refractivity contribution in [2.45, 2.75) is 44.3 Å². The first kappa shape index (κ1) is 34.9. The Morgan fingerprint density at radius 1 is 0.952 bits per heavy atom. The van der Waals surface area contributed by atoms with E-state index in [1.54, 1.807) is 12.2 Å². The van der Waals surface area contributed by atoms with Gasteiger partial charge in [0, 0.05) is 21.2 Å². The highest BCUT2D eigenvalue weighted by atomic mass is 35.5. The molecule has 0 aliphatic heterocycles. The van der Waals surface area contributed by atoms with E-state index in [1.807, 2.05) is 0 Å². The van der Waals surface area contributed by atoms with Crippen molar-refractivity contribution in [3.63, 3.8) is 0 Å². The van der Waals surface area contributed by atoms with Crippen LogP contribution in [0.25, 0.3) is 11.9 Å². The molecular formula is C26H20Cl2F10N2O2. The van der Waals surface area contributed by atoms with Gasteiger partial charge in [-0.15, -0.1) is 0 Å². The summed E-state index contributed by atoms with van der Waals surface area (Å²) in [6.07, 6.45) is -12.3. The van der Waals surface area contributed by atoms with Gasteiger partial charge in [0.15, 0.2) is 0 Å². The molecule has 2 aromatic rings. The molecule has 0 heterocycles. The smallest absolute Gasteiger partial charge is 0.345 e. The molecule has 0 radical (unpaired) electrons. The molecule has 0 spiro atoms. The Labute approximate surface area is 242 Å². The lowest BCUT2D eigenvalue weighted by molar-refractivity contribution is -0.140. The number of rotatable bonds is 8. The second-order valence-corrected chi connectivity index (χ2v) is 9.53. The zero-order chi connectivity index (χ0) is 32.2. The monoisotopic (exact) mass is 652 g/mol. The minimum Gasteiger partial charge on any atom is -0.345 e. The van der Waals surface area contributed by atoms with Crippen LogP contribution in [0.2, 0.25) is 10.0 Å². The first-order chi connectivity index (χ1) is 19.2. The molecule has 2 N–H and O–H groups in total. The lowest BCUT2D eigenvalue weighted by Gasteiger charge is -2.20. The zero-order valence-electron chi connectivity index (χ0n) is 21.3. The van der Waals surface area contributed by atoms with Gasteiger partial charge in [0.05, 0.1) is 11.1 Å². The average molecular weight is 653 g/mol. The molecule has 42 heavy (non-hydrogen) atoms. The molecule has 2 rings (SSSR count). The molecule has 0 aliphatic carbocycles. The molecule has 2 amide bonds. The summed E-state index contributed by atoms with van der Waals surface area (Å²) in [6, 6.07) is 1.16. The van der Waals surface area contributed by atoms with Crippen molar-refractivity contribution in [2.75, 3.05) is 6.54 Å². The standard InChI is InChI=1S/C26H20Cl2F10N2O2/c1-3-4-16-19(27)8-14(9-20(16)28)17(25(33,34)35)10-21(29)13-5-6-15(18(7-13)26(36,37)38)23(42)40-12(2)22(41)39-11-24(30,31)32/h3-10,12,17H,11H2,1-2H3,(H,39,41)(H,40,42)/b4-3+,21-10-. The number of benzene rings is 2. The van der Waals surface area contributed by atoms with E-state index in [-0.39, 0.29) is 27.8 Å². The third kappa shape index (κ3) is 9.38. The topological polar surface area (TPSA) is 58.2 Å². The molecular weight excluding hydrogens is 633 g/mol. The minimum absolute atomic E-state index is 0.0135. The molecule has 0 fully saturated rings. The van der Waals surface area contributed by atoms with Crippen LogP contribution in [0.5, 0.6) is 0 Å². The van der Waals surface area contributed by atoms with Gasteiger partial charge in [-0.3, -0.25) is 9.59 Å². The van der Waals surface area contributed by atoms with Gasteiger partial charge in [0.1, 0.15) is 24.3 Å². The van der Waals surface area contributed by atoms with Crippen LogP contribution >= 0.6 is 23.2 Å². The first-order valence-electron chi connectivity index (χ1n) is 11.6. The van der Waals surface area contributed by atoms with Crippen molar-refractivity contribution in [3.8, 4) is 0 Å². The quantitative estimate of drug-likeness (QED) is 0.281. The van der Waals surface area contributed by atoms with Crippen LogP contribution in [0.1, 0.15) is 52.4 Å². The summed E-state index contributed by atoms with van der Waals surface area (Å²) in [6.45, 7) is 0.725. The maximum absolute atomic E-state index is 15.1. The summed E-state index contributed by atoms with van der Waals surface area (Å²) in [7, 11) is 0. The van der Waals surface area contributed by atoms with Crippen LogP contribution in [-0.2, 0) is 11.0 Å². The van der Waals surface area contributed by atoms with E-state index in [0.717, 1.165) is 19.1 Å². The van der Waals surface area contributed by atoms with Gasteiger partial charge in [-0.25, -0.2) is 4.39 Å².